The Morgan fingerprint density at radius 1 is 1.06 bits per heavy atom. The van der Waals surface area contributed by atoms with Crippen LogP contribution in [0.2, 0.25) is 5.02 Å². The molecule has 3 rings (SSSR count). The first-order valence-corrected chi connectivity index (χ1v) is 6.67. The van der Waals surface area contributed by atoms with Crippen LogP contribution in [0.3, 0.4) is 0 Å². The van der Waals surface area contributed by atoms with Crippen molar-refractivity contribution in [1.29, 1.82) is 0 Å². The Morgan fingerprint density at radius 2 is 1.83 bits per heavy atom. The van der Waals surface area contributed by atoms with E-state index in [1.165, 1.54) is 27.9 Å². The molecule has 0 radical (unpaired) electrons. The van der Waals surface area contributed by atoms with E-state index < -0.39 is 0 Å². The summed E-state index contributed by atoms with van der Waals surface area (Å²) in [5, 5.41) is 4.24. The van der Waals surface area contributed by atoms with E-state index in [4.69, 9.17) is 11.6 Å². The Morgan fingerprint density at radius 3 is 2.67 bits per heavy atom. The van der Waals surface area contributed by atoms with E-state index in [9.17, 15) is 0 Å². The molecule has 2 aromatic carbocycles. The lowest BCUT2D eigenvalue weighted by Crippen LogP contribution is -1.91. The fourth-order valence-corrected chi connectivity index (χ4v) is 2.79. The second-order valence-electron chi connectivity index (χ2n) is 4.97. The van der Waals surface area contributed by atoms with Crippen molar-refractivity contribution in [3.63, 3.8) is 0 Å². The molecule has 1 heterocycles. The quantitative estimate of drug-likeness (QED) is 0.788. The fourth-order valence-electron chi connectivity index (χ4n) is 2.46. The van der Waals surface area contributed by atoms with Crippen molar-refractivity contribution in [2.75, 3.05) is 11.9 Å². The fraction of sp³-hybridized carbons (Fsp3) is 0.250. The Hall–Kier alpha value is -1.47. The summed E-state index contributed by atoms with van der Waals surface area (Å²) in [6.45, 7) is 5.26. The second-order valence-corrected chi connectivity index (χ2v) is 5.37. The minimum atomic E-state index is 0.830. The lowest BCUT2D eigenvalue weighted by Gasteiger charge is -2.10. The Labute approximate surface area is 113 Å². The predicted octanol–water partition coefficient (Wildman–Crippen LogP) is 4.59. The molecule has 0 saturated carbocycles. The molecular weight excluding hydrogens is 242 g/mol. The molecule has 0 atom stereocenters. The van der Waals surface area contributed by atoms with Crippen molar-refractivity contribution in [2.24, 2.45) is 0 Å². The molecular formula is C16H16ClN. The number of fused-ring (bicyclic) bond motifs is 1. The van der Waals surface area contributed by atoms with Gasteiger partial charge < -0.3 is 5.32 Å². The van der Waals surface area contributed by atoms with Gasteiger partial charge in [-0.2, -0.15) is 0 Å². The van der Waals surface area contributed by atoms with Crippen LogP contribution in [0.4, 0.5) is 5.69 Å². The highest BCUT2D eigenvalue weighted by molar-refractivity contribution is 6.33. The summed E-state index contributed by atoms with van der Waals surface area (Å²) in [5.41, 5.74) is 7.49. The Bertz CT molecular complexity index is 617. The molecule has 2 heteroatoms. The van der Waals surface area contributed by atoms with Gasteiger partial charge >= 0.3 is 0 Å². The standard InChI is InChI=1S/C16H16ClN/c1-10-7-14(15(17)8-11(10)2)13-4-3-12-5-6-18-16(12)9-13/h3-4,7-9,18H,5-6H2,1-2H3. The zero-order valence-electron chi connectivity index (χ0n) is 10.7. The van der Waals surface area contributed by atoms with E-state index in [-0.39, 0.29) is 0 Å². The molecule has 92 valence electrons. The van der Waals surface area contributed by atoms with Gasteiger partial charge in [-0.15, -0.1) is 0 Å². The van der Waals surface area contributed by atoms with Gasteiger partial charge in [-0.3, -0.25) is 0 Å². The van der Waals surface area contributed by atoms with Crippen LogP contribution in [-0.2, 0) is 6.42 Å². The van der Waals surface area contributed by atoms with Crippen LogP contribution in [0.15, 0.2) is 30.3 Å². The highest BCUT2D eigenvalue weighted by Gasteiger charge is 2.12. The van der Waals surface area contributed by atoms with Gasteiger partial charge in [0.2, 0.25) is 0 Å². The minimum absolute atomic E-state index is 0.830. The summed E-state index contributed by atoms with van der Waals surface area (Å²) in [6, 6.07) is 10.8. The van der Waals surface area contributed by atoms with Crippen molar-refractivity contribution >= 4 is 17.3 Å². The Kier molecular flexibility index (Phi) is 2.79. The molecule has 0 fully saturated rings. The van der Waals surface area contributed by atoms with Crippen LogP contribution >= 0.6 is 11.6 Å². The number of hydrogen-bond acceptors (Lipinski definition) is 1. The first-order chi connectivity index (χ1) is 8.65. The Balaban J connectivity index is 2.12. The number of nitrogens with one attached hydrogen (secondary N) is 1. The molecule has 1 aliphatic rings. The maximum atomic E-state index is 6.37. The third-order valence-electron chi connectivity index (χ3n) is 3.71. The van der Waals surface area contributed by atoms with Crippen LogP contribution < -0.4 is 5.32 Å². The number of halogens is 1. The van der Waals surface area contributed by atoms with Crippen molar-refractivity contribution in [1.82, 2.24) is 0 Å². The van der Waals surface area contributed by atoms with Gasteiger partial charge in [-0.25, -0.2) is 0 Å². The SMILES string of the molecule is Cc1cc(Cl)c(-c2ccc3c(c2)NCC3)cc1C. The normalized spacial score (nSPS) is 13.3. The zero-order chi connectivity index (χ0) is 12.7. The molecule has 18 heavy (non-hydrogen) atoms. The molecule has 1 N–H and O–H groups in total. The molecule has 0 bridgehead atoms. The lowest BCUT2D eigenvalue weighted by atomic mass is 9.98. The second kappa shape index (κ2) is 4.33. The molecule has 0 aliphatic carbocycles. The molecule has 1 aliphatic heterocycles. The lowest BCUT2D eigenvalue weighted by molar-refractivity contribution is 1.11. The summed E-state index contributed by atoms with van der Waals surface area (Å²) in [7, 11) is 0. The highest BCUT2D eigenvalue weighted by atomic mass is 35.5. The molecule has 0 unspecified atom stereocenters. The average Bonchev–Trinajstić information content (AvgIpc) is 2.80. The van der Waals surface area contributed by atoms with E-state index in [0.29, 0.717) is 0 Å². The third kappa shape index (κ3) is 1.89. The van der Waals surface area contributed by atoms with Gasteiger partial charge in [-0.1, -0.05) is 23.7 Å². The topological polar surface area (TPSA) is 12.0 Å². The van der Waals surface area contributed by atoms with Crippen molar-refractivity contribution < 1.29 is 0 Å². The van der Waals surface area contributed by atoms with Gasteiger partial charge in [0.15, 0.2) is 0 Å². The first kappa shape index (κ1) is 11.6. The maximum absolute atomic E-state index is 6.37. The van der Waals surface area contributed by atoms with Gasteiger partial charge in [0.1, 0.15) is 0 Å². The monoisotopic (exact) mass is 257 g/mol. The third-order valence-corrected chi connectivity index (χ3v) is 4.03. The summed E-state index contributed by atoms with van der Waals surface area (Å²) < 4.78 is 0. The highest BCUT2D eigenvalue weighted by Crippen LogP contribution is 2.34. The summed E-state index contributed by atoms with van der Waals surface area (Å²) in [5.74, 6) is 0. The van der Waals surface area contributed by atoms with Gasteiger partial charge in [0.25, 0.3) is 0 Å². The smallest absolute Gasteiger partial charge is 0.0487 e. The predicted molar refractivity (Wildman–Crippen MR) is 78.6 cm³/mol. The first-order valence-electron chi connectivity index (χ1n) is 6.29. The van der Waals surface area contributed by atoms with Gasteiger partial charge in [-0.05, 0) is 60.7 Å². The molecule has 0 spiro atoms. The molecule has 2 aromatic rings. The largest absolute Gasteiger partial charge is 0.384 e. The zero-order valence-corrected chi connectivity index (χ0v) is 11.4. The molecule has 0 saturated heterocycles. The molecule has 0 aromatic heterocycles. The van der Waals surface area contributed by atoms with Crippen LogP contribution in [0.25, 0.3) is 11.1 Å². The van der Waals surface area contributed by atoms with Crippen molar-refractivity contribution in [2.45, 2.75) is 20.3 Å². The van der Waals surface area contributed by atoms with E-state index in [2.05, 4.69) is 43.4 Å². The number of aryl methyl sites for hydroxylation is 2. The number of rotatable bonds is 1. The molecule has 0 amide bonds. The summed E-state index contributed by atoms with van der Waals surface area (Å²) >= 11 is 6.37. The van der Waals surface area contributed by atoms with Crippen LogP contribution in [-0.4, -0.2) is 6.54 Å². The molecule has 1 nitrogen and oxygen atoms in total. The van der Waals surface area contributed by atoms with Crippen molar-refractivity contribution in [3.05, 3.63) is 52.0 Å². The van der Waals surface area contributed by atoms with E-state index in [1.807, 2.05) is 6.07 Å². The number of benzene rings is 2. The van der Waals surface area contributed by atoms with E-state index >= 15 is 0 Å². The van der Waals surface area contributed by atoms with E-state index in [1.54, 1.807) is 0 Å². The minimum Gasteiger partial charge on any atom is -0.384 e. The van der Waals surface area contributed by atoms with Gasteiger partial charge in [0.05, 0.1) is 0 Å². The number of hydrogen-bond donors (Lipinski definition) is 1. The summed E-state index contributed by atoms with van der Waals surface area (Å²) in [6.07, 6.45) is 1.12. The van der Waals surface area contributed by atoms with Crippen LogP contribution in [0.1, 0.15) is 16.7 Å². The number of anilines is 1. The van der Waals surface area contributed by atoms with Crippen LogP contribution in [0.5, 0.6) is 0 Å². The maximum Gasteiger partial charge on any atom is 0.0487 e. The average molecular weight is 258 g/mol. The van der Waals surface area contributed by atoms with Crippen LogP contribution in [0, 0.1) is 13.8 Å². The van der Waals surface area contributed by atoms with E-state index in [0.717, 1.165) is 23.6 Å². The van der Waals surface area contributed by atoms with Crippen molar-refractivity contribution in [3.8, 4) is 11.1 Å². The van der Waals surface area contributed by atoms with Gasteiger partial charge in [0, 0.05) is 22.8 Å². The summed E-state index contributed by atoms with van der Waals surface area (Å²) in [4.78, 5) is 0.